The van der Waals surface area contributed by atoms with Gasteiger partial charge >= 0.3 is 0 Å². The van der Waals surface area contributed by atoms with Crippen LogP contribution in [0, 0.1) is 5.41 Å². The van der Waals surface area contributed by atoms with E-state index >= 15 is 0 Å². The summed E-state index contributed by atoms with van der Waals surface area (Å²) in [7, 11) is 0. The topological polar surface area (TPSA) is 0 Å². The van der Waals surface area contributed by atoms with Crippen molar-refractivity contribution >= 4 is 0 Å². The van der Waals surface area contributed by atoms with Crippen LogP contribution in [0.2, 0.25) is 0 Å². The first-order chi connectivity index (χ1) is 10.2. The quantitative estimate of drug-likeness (QED) is 0.251. The van der Waals surface area contributed by atoms with Crippen LogP contribution in [-0.2, 0) is 0 Å². The summed E-state index contributed by atoms with van der Waals surface area (Å²) in [6.45, 7) is 9.53. The fraction of sp³-hybridized carbons (Fsp3) is 1.00. The third kappa shape index (κ3) is 13.4. The molecule has 0 radical (unpaired) electrons. The van der Waals surface area contributed by atoms with Gasteiger partial charge in [-0.05, 0) is 24.7 Å². The first kappa shape index (κ1) is 21.0. The standard InChI is InChI=1S/C21H44/c1-5-8-11-12-13-14-17-20-21(4,18-15-9-6-2)19-16-10-7-3/h5-20H2,1-4H3. The largest absolute Gasteiger partial charge is 0.0654 e. The highest BCUT2D eigenvalue weighted by Gasteiger charge is 2.22. The Balaban J connectivity index is 3.85. The van der Waals surface area contributed by atoms with E-state index in [9.17, 15) is 0 Å². The van der Waals surface area contributed by atoms with E-state index in [0.717, 1.165) is 0 Å². The summed E-state index contributed by atoms with van der Waals surface area (Å²) in [5.41, 5.74) is 0.647. The maximum absolute atomic E-state index is 2.58. The highest BCUT2D eigenvalue weighted by atomic mass is 14.3. The lowest BCUT2D eigenvalue weighted by molar-refractivity contribution is 0.224. The maximum Gasteiger partial charge on any atom is -0.0326 e. The van der Waals surface area contributed by atoms with Gasteiger partial charge in [-0.3, -0.25) is 0 Å². The van der Waals surface area contributed by atoms with Crippen LogP contribution in [0.25, 0.3) is 0 Å². The molecule has 0 N–H and O–H groups in total. The van der Waals surface area contributed by atoms with Crippen LogP contribution in [0.5, 0.6) is 0 Å². The van der Waals surface area contributed by atoms with Crippen LogP contribution in [0.3, 0.4) is 0 Å². The Bertz CT molecular complexity index is 184. The molecule has 0 fully saturated rings. The van der Waals surface area contributed by atoms with Gasteiger partial charge < -0.3 is 0 Å². The summed E-state index contributed by atoms with van der Waals surface area (Å²) in [6.07, 6.45) is 23.1. The molecule has 0 unspecified atom stereocenters. The number of hydrogen-bond acceptors (Lipinski definition) is 0. The molecule has 0 aliphatic heterocycles. The highest BCUT2D eigenvalue weighted by Crippen LogP contribution is 2.36. The van der Waals surface area contributed by atoms with Crippen molar-refractivity contribution in [3.05, 3.63) is 0 Å². The lowest BCUT2D eigenvalue weighted by atomic mass is 9.76. The van der Waals surface area contributed by atoms with E-state index in [-0.39, 0.29) is 0 Å². The smallest absolute Gasteiger partial charge is 0.0326 e. The molecule has 0 spiro atoms. The van der Waals surface area contributed by atoms with Crippen molar-refractivity contribution in [1.82, 2.24) is 0 Å². The average Bonchev–Trinajstić information content (AvgIpc) is 2.47. The molecular formula is C21H44. The van der Waals surface area contributed by atoms with E-state index in [1.165, 1.54) is 103 Å². The fourth-order valence-electron chi connectivity index (χ4n) is 3.49. The zero-order chi connectivity index (χ0) is 15.8. The predicted octanol–water partition coefficient (Wildman–Crippen LogP) is 8.29. The van der Waals surface area contributed by atoms with Crippen LogP contribution < -0.4 is 0 Å². The minimum Gasteiger partial charge on any atom is -0.0654 e. The van der Waals surface area contributed by atoms with Gasteiger partial charge in [0.15, 0.2) is 0 Å². The first-order valence-corrected chi connectivity index (χ1v) is 10.2. The molecule has 0 nitrogen and oxygen atoms in total. The molecule has 21 heavy (non-hydrogen) atoms. The average molecular weight is 297 g/mol. The highest BCUT2D eigenvalue weighted by molar-refractivity contribution is 4.74. The molecule has 0 aliphatic rings. The van der Waals surface area contributed by atoms with E-state index < -0.39 is 0 Å². The van der Waals surface area contributed by atoms with Gasteiger partial charge in [-0.2, -0.15) is 0 Å². The van der Waals surface area contributed by atoms with Crippen LogP contribution in [-0.4, -0.2) is 0 Å². The van der Waals surface area contributed by atoms with E-state index in [4.69, 9.17) is 0 Å². The molecule has 0 aromatic heterocycles. The Kier molecular flexibility index (Phi) is 14.9. The van der Waals surface area contributed by atoms with E-state index in [0.29, 0.717) is 5.41 Å². The molecule has 0 rings (SSSR count). The Morgan fingerprint density at radius 3 is 1.14 bits per heavy atom. The number of hydrogen-bond donors (Lipinski definition) is 0. The summed E-state index contributed by atoms with van der Waals surface area (Å²) >= 11 is 0. The molecule has 0 atom stereocenters. The second-order valence-corrected chi connectivity index (χ2v) is 7.60. The Labute approximate surface area is 136 Å². The van der Waals surface area contributed by atoms with Crippen molar-refractivity contribution < 1.29 is 0 Å². The zero-order valence-corrected chi connectivity index (χ0v) is 15.8. The Morgan fingerprint density at radius 1 is 0.429 bits per heavy atom. The normalized spacial score (nSPS) is 12.0. The van der Waals surface area contributed by atoms with Crippen molar-refractivity contribution in [1.29, 1.82) is 0 Å². The molecule has 0 amide bonds. The van der Waals surface area contributed by atoms with E-state index in [1.54, 1.807) is 0 Å². The summed E-state index contributed by atoms with van der Waals surface area (Å²) in [5, 5.41) is 0. The lowest BCUT2D eigenvalue weighted by Crippen LogP contribution is -2.16. The summed E-state index contributed by atoms with van der Waals surface area (Å²) in [6, 6.07) is 0. The minimum absolute atomic E-state index is 0.647. The third-order valence-corrected chi connectivity index (χ3v) is 5.15. The lowest BCUT2D eigenvalue weighted by Gasteiger charge is -2.30. The Morgan fingerprint density at radius 2 is 0.714 bits per heavy atom. The molecule has 0 aromatic rings. The van der Waals surface area contributed by atoms with Gasteiger partial charge in [-0.25, -0.2) is 0 Å². The van der Waals surface area contributed by atoms with Crippen molar-refractivity contribution in [3.8, 4) is 0 Å². The van der Waals surface area contributed by atoms with Crippen LogP contribution in [0.1, 0.15) is 130 Å². The Hall–Kier alpha value is 0. The van der Waals surface area contributed by atoms with Crippen molar-refractivity contribution in [2.45, 2.75) is 130 Å². The second-order valence-electron chi connectivity index (χ2n) is 7.60. The minimum atomic E-state index is 0.647. The van der Waals surface area contributed by atoms with Gasteiger partial charge in [-0.1, -0.05) is 111 Å². The molecule has 0 heteroatoms. The van der Waals surface area contributed by atoms with E-state index in [1.807, 2.05) is 0 Å². The zero-order valence-electron chi connectivity index (χ0n) is 15.8. The van der Waals surface area contributed by atoms with Crippen LogP contribution in [0.15, 0.2) is 0 Å². The number of rotatable bonds is 16. The number of unbranched alkanes of at least 4 members (excludes halogenated alkanes) is 10. The molecular weight excluding hydrogens is 252 g/mol. The fourth-order valence-corrected chi connectivity index (χ4v) is 3.49. The van der Waals surface area contributed by atoms with E-state index in [2.05, 4.69) is 27.7 Å². The van der Waals surface area contributed by atoms with Gasteiger partial charge in [0.25, 0.3) is 0 Å². The SMILES string of the molecule is CCCCCCCCCC(C)(CCCCC)CCCCC. The van der Waals surface area contributed by atoms with Crippen LogP contribution >= 0.6 is 0 Å². The molecule has 128 valence electrons. The first-order valence-electron chi connectivity index (χ1n) is 10.2. The third-order valence-electron chi connectivity index (χ3n) is 5.15. The van der Waals surface area contributed by atoms with Crippen molar-refractivity contribution in [2.24, 2.45) is 5.41 Å². The molecule has 0 aromatic carbocycles. The summed E-state index contributed by atoms with van der Waals surface area (Å²) in [5.74, 6) is 0. The second kappa shape index (κ2) is 14.9. The van der Waals surface area contributed by atoms with Gasteiger partial charge in [0, 0.05) is 0 Å². The summed E-state index contributed by atoms with van der Waals surface area (Å²) < 4.78 is 0. The van der Waals surface area contributed by atoms with Gasteiger partial charge in [0.2, 0.25) is 0 Å². The maximum atomic E-state index is 2.58. The van der Waals surface area contributed by atoms with Gasteiger partial charge in [0.1, 0.15) is 0 Å². The van der Waals surface area contributed by atoms with Crippen molar-refractivity contribution in [2.75, 3.05) is 0 Å². The van der Waals surface area contributed by atoms with Crippen LogP contribution in [0.4, 0.5) is 0 Å². The van der Waals surface area contributed by atoms with Gasteiger partial charge in [0.05, 0.1) is 0 Å². The molecule has 0 bridgehead atoms. The van der Waals surface area contributed by atoms with Crippen molar-refractivity contribution in [3.63, 3.8) is 0 Å². The monoisotopic (exact) mass is 296 g/mol. The molecule has 0 aliphatic carbocycles. The predicted molar refractivity (Wildman–Crippen MR) is 99.0 cm³/mol. The molecule has 0 saturated heterocycles. The molecule has 0 saturated carbocycles. The van der Waals surface area contributed by atoms with Gasteiger partial charge in [-0.15, -0.1) is 0 Å². The summed E-state index contributed by atoms with van der Waals surface area (Å²) in [4.78, 5) is 0. The molecule has 0 heterocycles.